The van der Waals surface area contributed by atoms with Crippen molar-refractivity contribution in [3.05, 3.63) is 100 Å². The van der Waals surface area contributed by atoms with E-state index in [1.54, 1.807) is 31.1 Å². The smallest absolute Gasteiger partial charge is 0.242 e. The topological polar surface area (TPSA) is 58.6 Å². The fraction of sp³-hybridized carbons (Fsp3) is 0.259. The zero-order chi connectivity index (χ0) is 23.8. The number of carbonyl (C=O) groups excluding carboxylic acids is 2. The molecule has 0 aromatic heterocycles. The summed E-state index contributed by atoms with van der Waals surface area (Å²) in [5, 5.41) is 3.57. The molecule has 0 saturated carbocycles. The average molecular weight is 465 g/mol. The Labute approximate surface area is 200 Å². The van der Waals surface area contributed by atoms with Crippen LogP contribution in [0.5, 0.6) is 5.75 Å². The number of hydrogen-bond donors (Lipinski definition) is 1. The van der Waals surface area contributed by atoms with E-state index in [4.69, 9.17) is 16.3 Å². The molecule has 0 aliphatic carbocycles. The number of ether oxygens (including phenoxy) is 1. The van der Waals surface area contributed by atoms with Gasteiger partial charge in [0.25, 0.3) is 0 Å². The first kappa shape index (κ1) is 24.3. The van der Waals surface area contributed by atoms with Crippen molar-refractivity contribution in [1.82, 2.24) is 10.2 Å². The summed E-state index contributed by atoms with van der Waals surface area (Å²) in [6.45, 7) is 4.50. The summed E-state index contributed by atoms with van der Waals surface area (Å²) in [7, 11) is 1.61. The molecule has 172 valence electrons. The largest absolute Gasteiger partial charge is 0.497 e. The van der Waals surface area contributed by atoms with Crippen LogP contribution in [0.4, 0.5) is 0 Å². The monoisotopic (exact) mass is 464 g/mol. The number of methoxy groups -OCH3 is 1. The lowest BCUT2D eigenvalue weighted by atomic mass is 10.1. The highest BCUT2D eigenvalue weighted by molar-refractivity contribution is 6.30. The first-order valence-electron chi connectivity index (χ1n) is 10.9. The fourth-order valence-corrected chi connectivity index (χ4v) is 3.56. The molecule has 2 amide bonds. The van der Waals surface area contributed by atoms with Gasteiger partial charge in [-0.05, 0) is 54.8 Å². The van der Waals surface area contributed by atoms with Crippen molar-refractivity contribution in [2.75, 3.05) is 7.11 Å². The Hall–Kier alpha value is -3.31. The molecule has 6 heteroatoms. The third kappa shape index (κ3) is 7.09. The fourth-order valence-electron chi connectivity index (χ4n) is 3.43. The Kier molecular flexibility index (Phi) is 8.50. The molecule has 3 aromatic carbocycles. The maximum Gasteiger partial charge on any atom is 0.242 e. The second kappa shape index (κ2) is 11.5. The van der Waals surface area contributed by atoms with Crippen molar-refractivity contribution in [1.29, 1.82) is 0 Å². The molecule has 0 unspecified atom stereocenters. The number of nitrogens with zero attached hydrogens (tertiary/aromatic N) is 1. The number of amides is 2. The Balaban J connectivity index is 1.74. The molecule has 0 heterocycles. The van der Waals surface area contributed by atoms with Gasteiger partial charge in [-0.3, -0.25) is 9.59 Å². The number of nitrogens with one attached hydrogen (secondary N) is 1. The van der Waals surface area contributed by atoms with Gasteiger partial charge in [0.2, 0.25) is 11.8 Å². The van der Waals surface area contributed by atoms with Gasteiger partial charge in [0.1, 0.15) is 11.8 Å². The summed E-state index contributed by atoms with van der Waals surface area (Å²) >= 11 is 5.97. The lowest BCUT2D eigenvalue weighted by molar-refractivity contribution is -0.140. The van der Waals surface area contributed by atoms with Crippen LogP contribution in [-0.2, 0) is 29.1 Å². The van der Waals surface area contributed by atoms with Crippen LogP contribution in [0.15, 0.2) is 72.8 Å². The van der Waals surface area contributed by atoms with Crippen LogP contribution in [0, 0.1) is 6.92 Å². The molecule has 0 aliphatic rings. The maximum atomic E-state index is 13.3. The summed E-state index contributed by atoms with van der Waals surface area (Å²) in [6.07, 6.45) is 0.183. The first-order valence-corrected chi connectivity index (χ1v) is 11.2. The lowest BCUT2D eigenvalue weighted by Crippen LogP contribution is -2.47. The third-order valence-electron chi connectivity index (χ3n) is 5.54. The lowest BCUT2D eigenvalue weighted by Gasteiger charge is -2.29. The number of hydrogen-bond acceptors (Lipinski definition) is 3. The second-order valence-corrected chi connectivity index (χ2v) is 8.49. The average Bonchev–Trinajstić information content (AvgIpc) is 2.83. The summed E-state index contributed by atoms with van der Waals surface area (Å²) in [4.78, 5) is 27.9. The Bertz CT molecular complexity index is 1060. The van der Waals surface area contributed by atoms with Crippen molar-refractivity contribution in [3.63, 3.8) is 0 Å². The number of carbonyl (C=O) groups is 2. The molecule has 33 heavy (non-hydrogen) atoms. The first-order chi connectivity index (χ1) is 15.9. The molecule has 3 aromatic rings. The maximum absolute atomic E-state index is 13.3. The minimum atomic E-state index is -0.641. The molecule has 3 rings (SSSR count). The molecule has 5 nitrogen and oxygen atoms in total. The summed E-state index contributed by atoms with van der Waals surface area (Å²) in [5.74, 6) is 0.404. The van der Waals surface area contributed by atoms with Gasteiger partial charge in [-0.15, -0.1) is 0 Å². The number of rotatable bonds is 9. The minimum absolute atomic E-state index is 0.133. The van der Waals surface area contributed by atoms with E-state index < -0.39 is 6.04 Å². The van der Waals surface area contributed by atoms with Crippen LogP contribution in [0.1, 0.15) is 29.2 Å². The molecule has 0 aliphatic heterocycles. The predicted octanol–water partition coefficient (Wildman–Crippen LogP) is 4.93. The Morgan fingerprint density at radius 2 is 1.48 bits per heavy atom. The number of aryl methyl sites for hydroxylation is 1. The van der Waals surface area contributed by atoms with Gasteiger partial charge in [0.15, 0.2) is 0 Å². The second-order valence-electron chi connectivity index (χ2n) is 8.05. The van der Waals surface area contributed by atoms with Crippen molar-refractivity contribution in [2.24, 2.45) is 0 Å². The van der Waals surface area contributed by atoms with E-state index in [9.17, 15) is 9.59 Å². The minimum Gasteiger partial charge on any atom is -0.497 e. The van der Waals surface area contributed by atoms with E-state index in [1.807, 2.05) is 67.6 Å². The molecular formula is C27H29ClN2O3. The SMILES string of the molecule is COc1ccc(CN(C(=O)Cc2ccc(Cl)cc2)[C@@H](C)C(=O)NCc2ccc(C)cc2)cc1. The highest BCUT2D eigenvalue weighted by Gasteiger charge is 2.26. The van der Waals surface area contributed by atoms with Gasteiger partial charge in [-0.2, -0.15) is 0 Å². The van der Waals surface area contributed by atoms with Gasteiger partial charge in [-0.25, -0.2) is 0 Å². The van der Waals surface area contributed by atoms with Gasteiger partial charge in [-0.1, -0.05) is 65.7 Å². The number of benzene rings is 3. The van der Waals surface area contributed by atoms with Gasteiger partial charge in [0, 0.05) is 18.1 Å². The van der Waals surface area contributed by atoms with Gasteiger partial charge in [0.05, 0.1) is 13.5 Å². The molecule has 0 spiro atoms. The van der Waals surface area contributed by atoms with Crippen LogP contribution in [0.2, 0.25) is 5.02 Å². The Morgan fingerprint density at radius 3 is 2.09 bits per heavy atom. The van der Waals surface area contributed by atoms with E-state index in [0.29, 0.717) is 18.1 Å². The molecule has 1 atom stereocenters. The van der Waals surface area contributed by atoms with Crippen molar-refractivity contribution in [2.45, 2.75) is 39.4 Å². The Morgan fingerprint density at radius 1 is 0.909 bits per heavy atom. The summed E-state index contributed by atoms with van der Waals surface area (Å²) in [6, 6.07) is 22.0. The van der Waals surface area contributed by atoms with Gasteiger partial charge >= 0.3 is 0 Å². The van der Waals surface area contributed by atoms with Crippen LogP contribution in [-0.4, -0.2) is 29.9 Å². The van der Waals surface area contributed by atoms with E-state index >= 15 is 0 Å². The molecular weight excluding hydrogens is 436 g/mol. The quantitative estimate of drug-likeness (QED) is 0.488. The highest BCUT2D eigenvalue weighted by Crippen LogP contribution is 2.17. The van der Waals surface area contributed by atoms with Crippen LogP contribution in [0.3, 0.4) is 0 Å². The zero-order valence-electron chi connectivity index (χ0n) is 19.2. The van der Waals surface area contributed by atoms with Gasteiger partial charge < -0.3 is 15.0 Å². The number of halogens is 1. The standard InChI is InChI=1S/C27H29ClN2O3/c1-19-4-6-22(7-5-19)17-29-27(32)20(2)30(18-23-10-14-25(33-3)15-11-23)26(31)16-21-8-12-24(28)13-9-21/h4-15,20H,16-18H2,1-3H3,(H,29,32)/t20-/m0/s1. The normalized spacial score (nSPS) is 11.5. The van der Waals surface area contributed by atoms with Crippen molar-refractivity contribution in [3.8, 4) is 5.75 Å². The van der Waals surface area contributed by atoms with Crippen molar-refractivity contribution < 1.29 is 14.3 Å². The van der Waals surface area contributed by atoms with Crippen LogP contribution < -0.4 is 10.1 Å². The zero-order valence-corrected chi connectivity index (χ0v) is 19.9. The predicted molar refractivity (Wildman–Crippen MR) is 131 cm³/mol. The van der Waals surface area contributed by atoms with E-state index in [1.165, 1.54) is 0 Å². The molecule has 0 bridgehead atoms. The molecule has 0 radical (unpaired) electrons. The molecule has 0 saturated heterocycles. The van der Waals surface area contributed by atoms with E-state index in [-0.39, 0.29) is 18.2 Å². The van der Waals surface area contributed by atoms with E-state index in [0.717, 1.165) is 28.0 Å². The van der Waals surface area contributed by atoms with Crippen molar-refractivity contribution >= 4 is 23.4 Å². The van der Waals surface area contributed by atoms with Crippen LogP contribution >= 0.6 is 11.6 Å². The van der Waals surface area contributed by atoms with Crippen LogP contribution in [0.25, 0.3) is 0 Å². The summed E-state index contributed by atoms with van der Waals surface area (Å²) in [5.41, 5.74) is 3.93. The summed E-state index contributed by atoms with van der Waals surface area (Å²) < 4.78 is 5.22. The highest BCUT2D eigenvalue weighted by atomic mass is 35.5. The molecule has 1 N–H and O–H groups in total. The third-order valence-corrected chi connectivity index (χ3v) is 5.79. The van der Waals surface area contributed by atoms with E-state index in [2.05, 4.69) is 5.32 Å². The molecule has 0 fully saturated rings.